The minimum absolute atomic E-state index is 0.0256. The summed E-state index contributed by atoms with van der Waals surface area (Å²) in [4.78, 5) is 26.2. The van der Waals surface area contributed by atoms with Crippen molar-refractivity contribution < 1.29 is 19.1 Å². The lowest BCUT2D eigenvalue weighted by Crippen LogP contribution is -2.45. The molecule has 1 aromatic carbocycles. The van der Waals surface area contributed by atoms with E-state index in [1.165, 1.54) is 0 Å². The summed E-state index contributed by atoms with van der Waals surface area (Å²) in [6.07, 6.45) is 2.36. The molecule has 30 heavy (non-hydrogen) atoms. The maximum atomic E-state index is 15.7. The smallest absolute Gasteiger partial charge is 0.356 e. The zero-order chi connectivity index (χ0) is 21.2. The summed E-state index contributed by atoms with van der Waals surface area (Å²) in [6, 6.07) is 5.73. The first kappa shape index (κ1) is 19.3. The number of alkyl halides is 1. The molecule has 0 bridgehead atoms. The van der Waals surface area contributed by atoms with E-state index in [0.29, 0.717) is 24.9 Å². The van der Waals surface area contributed by atoms with Gasteiger partial charge in [0.05, 0.1) is 0 Å². The van der Waals surface area contributed by atoms with Crippen molar-refractivity contribution in [1.29, 1.82) is 0 Å². The first-order valence-electron chi connectivity index (χ1n) is 10.6. The van der Waals surface area contributed by atoms with Crippen LogP contribution in [0, 0.1) is 19.8 Å². The summed E-state index contributed by atoms with van der Waals surface area (Å²) in [5.74, 6) is -0.341. The molecular weight excluding hydrogens is 385 g/mol. The Balaban J connectivity index is 1.29. The number of fused-ring (bicyclic) bond motifs is 3. The molecule has 1 amide bonds. The molecule has 0 unspecified atom stereocenters. The van der Waals surface area contributed by atoms with Crippen LogP contribution in [0.25, 0.3) is 0 Å². The summed E-state index contributed by atoms with van der Waals surface area (Å²) >= 11 is 0. The van der Waals surface area contributed by atoms with E-state index < -0.39 is 11.6 Å². The van der Waals surface area contributed by atoms with Gasteiger partial charge in [-0.1, -0.05) is 18.2 Å². The molecule has 5 rings (SSSR count). The van der Waals surface area contributed by atoms with Gasteiger partial charge in [0.15, 0.2) is 5.69 Å². The average molecular weight is 411 g/mol. The Morgan fingerprint density at radius 3 is 2.70 bits per heavy atom. The Morgan fingerprint density at radius 2 is 2.00 bits per heavy atom. The molecule has 2 atom stereocenters. The Hall–Kier alpha value is -2.70. The highest BCUT2D eigenvalue weighted by atomic mass is 19.1. The minimum Gasteiger partial charge on any atom is -0.476 e. The van der Waals surface area contributed by atoms with Crippen molar-refractivity contribution in [2.24, 2.45) is 5.92 Å². The van der Waals surface area contributed by atoms with E-state index in [1.807, 2.05) is 32.0 Å². The molecule has 0 radical (unpaired) electrons. The molecule has 1 saturated heterocycles. The average Bonchev–Trinajstić information content (AvgIpc) is 3.23. The number of nitrogens with zero attached hydrogens (tertiary/aromatic N) is 3. The van der Waals surface area contributed by atoms with Crippen LogP contribution in [-0.2, 0) is 23.4 Å². The van der Waals surface area contributed by atoms with Crippen LogP contribution >= 0.6 is 0 Å². The van der Waals surface area contributed by atoms with Crippen LogP contribution < -0.4 is 0 Å². The van der Waals surface area contributed by atoms with Gasteiger partial charge < -0.3 is 10.0 Å². The minimum atomic E-state index is -1.42. The van der Waals surface area contributed by atoms with Crippen LogP contribution in [0.4, 0.5) is 4.39 Å². The Bertz CT molecular complexity index is 1050. The molecule has 158 valence electrons. The second-order valence-electron chi connectivity index (χ2n) is 9.07. The van der Waals surface area contributed by atoms with E-state index in [0.717, 1.165) is 40.8 Å². The molecular formula is C23H26FN3O3. The number of benzene rings is 1. The second kappa shape index (κ2) is 6.65. The number of hydrogen-bond donors (Lipinski definition) is 1. The fourth-order valence-electron chi connectivity index (χ4n) is 5.32. The van der Waals surface area contributed by atoms with Crippen LogP contribution in [0.15, 0.2) is 18.2 Å². The summed E-state index contributed by atoms with van der Waals surface area (Å²) in [5.41, 5.74) is 3.18. The molecule has 2 aliphatic carbocycles. The van der Waals surface area contributed by atoms with Gasteiger partial charge in [0, 0.05) is 37.2 Å². The Labute approximate surface area is 174 Å². The van der Waals surface area contributed by atoms with Crippen molar-refractivity contribution in [2.75, 3.05) is 13.1 Å². The number of carboxylic acid groups (broad SMARTS) is 1. The molecule has 1 N–H and O–H groups in total. The lowest BCUT2D eigenvalue weighted by molar-refractivity contribution is -0.134. The lowest BCUT2D eigenvalue weighted by atomic mass is 9.82. The summed E-state index contributed by atoms with van der Waals surface area (Å²) < 4.78 is 17.3. The zero-order valence-electron chi connectivity index (χ0n) is 17.3. The van der Waals surface area contributed by atoms with Gasteiger partial charge in [-0.2, -0.15) is 5.10 Å². The number of aromatic nitrogens is 2. The van der Waals surface area contributed by atoms with Crippen LogP contribution in [0.1, 0.15) is 63.6 Å². The van der Waals surface area contributed by atoms with Crippen LogP contribution in [-0.4, -0.2) is 44.8 Å². The number of carbonyl (C=O) groups is 2. The molecule has 0 spiro atoms. The number of amides is 1. The predicted molar refractivity (Wildman–Crippen MR) is 108 cm³/mol. The molecule has 1 aromatic heterocycles. The van der Waals surface area contributed by atoms with Crippen molar-refractivity contribution in [3.8, 4) is 0 Å². The first-order chi connectivity index (χ1) is 14.3. The summed E-state index contributed by atoms with van der Waals surface area (Å²) in [6.45, 7) is 4.66. The largest absolute Gasteiger partial charge is 0.476 e. The first-order valence-corrected chi connectivity index (χ1v) is 10.6. The number of carboxylic acids is 1. The van der Waals surface area contributed by atoms with Crippen molar-refractivity contribution in [3.05, 3.63) is 51.8 Å². The van der Waals surface area contributed by atoms with Gasteiger partial charge in [0.2, 0.25) is 5.91 Å². The number of likely N-dealkylation sites (tertiary alicyclic amines) is 1. The van der Waals surface area contributed by atoms with Crippen molar-refractivity contribution in [2.45, 2.75) is 57.7 Å². The molecule has 1 saturated carbocycles. The zero-order valence-corrected chi connectivity index (χ0v) is 17.3. The molecule has 3 aliphatic rings. The number of rotatable bonds is 4. The fourth-order valence-corrected chi connectivity index (χ4v) is 5.32. The van der Waals surface area contributed by atoms with Gasteiger partial charge in [0.25, 0.3) is 0 Å². The summed E-state index contributed by atoms with van der Waals surface area (Å²) in [5, 5.41) is 13.7. The number of piperidine rings is 1. The standard InChI is InChI=1S/C23H26FN3O3/c1-13-4-3-5-17(14(13)2)23(24)6-8-26(9-7-23)19(28)12-27-18-11-15-10-16(15)20(18)21(25-27)22(29)30/h3-5,15-16H,6-12H2,1-2H3,(H,29,30)/t15-,16-/m1/s1. The molecule has 2 fully saturated rings. The monoisotopic (exact) mass is 411 g/mol. The predicted octanol–water partition coefficient (Wildman–Crippen LogP) is 3.35. The van der Waals surface area contributed by atoms with E-state index in [-0.39, 0.29) is 31.0 Å². The van der Waals surface area contributed by atoms with Crippen molar-refractivity contribution in [1.82, 2.24) is 14.7 Å². The molecule has 1 aliphatic heterocycles. The number of halogens is 1. The number of aryl methyl sites for hydroxylation is 1. The van der Waals surface area contributed by atoms with Crippen LogP contribution in [0.3, 0.4) is 0 Å². The van der Waals surface area contributed by atoms with Crippen molar-refractivity contribution in [3.63, 3.8) is 0 Å². The van der Waals surface area contributed by atoms with E-state index in [4.69, 9.17) is 0 Å². The normalized spacial score (nSPS) is 23.8. The SMILES string of the molecule is Cc1cccc(C2(F)CCN(C(=O)Cn3nc(C(=O)O)c4c3C[C@H]3C[C@@H]43)CC2)c1C. The molecule has 6 nitrogen and oxygen atoms in total. The highest BCUT2D eigenvalue weighted by Gasteiger charge is 2.50. The quantitative estimate of drug-likeness (QED) is 0.837. The lowest BCUT2D eigenvalue weighted by Gasteiger charge is -2.37. The molecule has 2 heterocycles. The van der Waals surface area contributed by atoms with E-state index in [9.17, 15) is 14.7 Å². The van der Waals surface area contributed by atoms with Gasteiger partial charge in [-0.3, -0.25) is 9.48 Å². The van der Waals surface area contributed by atoms with Crippen molar-refractivity contribution >= 4 is 11.9 Å². The second-order valence-corrected chi connectivity index (χ2v) is 9.07. The fraction of sp³-hybridized carbons (Fsp3) is 0.522. The Morgan fingerprint density at radius 1 is 1.27 bits per heavy atom. The van der Waals surface area contributed by atoms with Gasteiger partial charge in [-0.25, -0.2) is 9.18 Å². The van der Waals surface area contributed by atoms with E-state index in [2.05, 4.69) is 5.10 Å². The topological polar surface area (TPSA) is 75.4 Å². The van der Waals surface area contributed by atoms with Gasteiger partial charge in [-0.05, 0) is 55.2 Å². The van der Waals surface area contributed by atoms with Gasteiger partial charge in [-0.15, -0.1) is 0 Å². The highest BCUT2D eigenvalue weighted by Crippen LogP contribution is 2.57. The van der Waals surface area contributed by atoms with Crippen LogP contribution in [0.2, 0.25) is 0 Å². The van der Waals surface area contributed by atoms with Crippen LogP contribution in [0.5, 0.6) is 0 Å². The number of aromatic carboxylic acids is 1. The third-order valence-electron chi connectivity index (χ3n) is 7.33. The maximum Gasteiger partial charge on any atom is 0.356 e. The summed E-state index contributed by atoms with van der Waals surface area (Å²) in [7, 11) is 0. The number of hydrogen-bond acceptors (Lipinski definition) is 3. The van der Waals surface area contributed by atoms with E-state index in [1.54, 1.807) is 9.58 Å². The number of carbonyl (C=O) groups excluding carboxylic acids is 1. The van der Waals surface area contributed by atoms with Gasteiger partial charge >= 0.3 is 5.97 Å². The van der Waals surface area contributed by atoms with Gasteiger partial charge in [0.1, 0.15) is 12.2 Å². The highest BCUT2D eigenvalue weighted by molar-refractivity contribution is 5.88. The van der Waals surface area contributed by atoms with E-state index >= 15 is 4.39 Å². The Kier molecular flexibility index (Phi) is 4.27. The molecule has 2 aromatic rings. The molecule has 7 heteroatoms. The third-order valence-corrected chi connectivity index (χ3v) is 7.33. The maximum absolute atomic E-state index is 15.7. The third kappa shape index (κ3) is 2.94.